The van der Waals surface area contributed by atoms with Gasteiger partial charge in [-0.3, -0.25) is 9.59 Å². The number of nitrogens with one attached hydrogen (secondary N) is 2. The summed E-state index contributed by atoms with van der Waals surface area (Å²) in [4.78, 5) is 23.6. The molecule has 0 fully saturated rings. The summed E-state index contributed by atoms with van der Waals surface area (Å²) in [5.41, 5.74) is 4.72. The van der Waals surface area contributed by atoms with Crippen molar-refractivity contribution >= 4 is 58.5 Å². The largest absolute Gasteiger partial charge is 0.488 e. The van der Waals surface area contributed by atoms with Crippen LogP contribution in [0.5, 0.6) is 5.75 Å². The van der Waals surface area contributed by atoms with Gasteiger partial charge in [-0.15, -0.1) is 0 Å². The Kier molecular flexibility index (Phi) is 8.11. The molecule has 3 rings (SSSR count). The van der Waals surface area contributed by atoms with Gasteiger partial charge < -0.3 is 10.1 Å². The van der Waals surface area contributed by atoms with Gasteiger partial charge in [0.05, 0.1) is 16.3 Å². The first kappa shape index (κ1) is 23.6. The van der Waals surface area contributed by atoms with Crippen LogP contribution >= 0.6 is 34.8 Å². The molecular weight excluding hydrogens is 473 g/mol. The number of hydrogen-bond donors (Lipinski definition) is 2. The number of rotatable bonds is 7. The molecule has 0 saturated carbocycles. The molecule has 0 unspecified atom stereocenters. The zero-order valence-corrected chi connectivity index (χ0v) is 19.1. The summed E-state index contributed by atoms with van der Waals surface area (Å²) < 4.78 is 5.86. The van der Waals surface area contributed by atoms with Crippen LogP contribution in [-0.4, -0.2) is 18.0 Å². The molecule has 0 aromatic heterocycles. The van der Waals surface area contributed by atoms with Crippen molar-refractivity contribution in [2.24, 2.45) is 5.10 Å². The van der Waals surface area contributed by atoms with Crippen molar-refractivity contribution in [2.45, 2.75) is 13.5 Å². The molecule has 2 N–H and O–H groups in total. The van der Waals surface area contributed by atoms with E-state index in [1.807, 2.05) is 6.07 Å². The van der Waals surface area contributed by atoms with Crippen molar-refractivity contribution in [3.8, 4) is 5.75 Å². The Labute approximate surface area is 200 Å². The van der Waals surface area contributed by atoms with E-state index in [0.29, 0.717) is 37.6 Å². The number of anilines is 1. The fourth-order valence-electron chi connectivity index (χ4n) is 2.71. The third-order valence-corrected chi connectivity index (χ3v) is 5.14. The number of carbonyl (C=O) groups is 2. The third kappa shape index (κ3) is 6.72. The first-order valence-corrected chi connectivity index (χ1v) is 10.5. The van der Waals surface area contributed by atoms with Gasteiger partial charge in [0.2, 0.25) is 5.91 Å². The maximum Gasteiger partial charge on any atom is 0.271 e. The monoisotopic (exact) mass is 489 g/mol. The van der Waals surface area contributed by atoms with E-state index in [1.54, 1.807) is 54.6 Å². The number of hydrogen-bond acceptors (Lipinski definition) is 4. The van der Waals surface area contributed by atoms with Gasteiger partial charge in [-0.05, 0) is 54.1 Å². The molecule has 9 heteroatoms. The quantitative estimate of drug-likeness (QED) is 0.317. The SMILES string of the molecule is CC(=O)Nc1cccc(C(=O)N/N=C\c2cc(Cl)ccc2OCc2ccc(Cl)c(Cl)c2)c1. The van der Waals surface area contributed by atoms with Gasteiger partial charge in [-0.2, -0.15) is 5.10 Å². The lowest BCUT2D eigenvalue weighted by Gasteiger charge is -2.10. The highest BCUT2D eigenvalue weighted by Gasteiger charge is 2.08. The molecule has 0 bridgehead atoms. The number of halogens is 3. The second kappa shape index (κ2) is 11.0. The van der Waals surface area contributed by atoms with Crippen LogP contribution in [0.4, 0.5) is 5.69 Å². The van der Waals surface area contributed by atoms with Gasteiger partial charge in [-0.1, -0.05) is 46.9 Å². The molecule has 3 aromatic carbocycles. The normalized spacial score (nSPS) is 10.8. The third-order valence-electron chi connectivity index (χ3n) is 4.17. The highest BCUT2D eigenvalue weighted by Crippen LogP contribution is 2.25. The van der Waals surface area contributed by atoms with E-state index in [9.17, 15) is 9.59 Å². The molecule has 32 heavy (non-hydrogen) atoms. The average molecular weight is 491 g/mol. The second-order valence-electron chi connectivity index (χ2n) is 6.68. The van der Waals surface area contributed by atoms with Gasteiger partial charge in [0.25, 0.3) is 5.91 Å². The zero-order valence-electron chi connectivity index (χ0n) is 16.9. The molecule has 6 nitrogen and oxygen atoms in total. The molecular formula is C23H18Cl3N3O3. The lowest BCUT2D eigenvalue weighted by Crippen LogP contribution is -2.18. The minimum absolute atomic E-state index is 0.227. The number of hydrazone groups is 1. The Balaban J connectivity index is 1.68. The summed E-state index contributed by atoms with van der Waals surface area (Å²) in [6.45, 7) is 1.64. The molecule has 0 radical (unpaired) electrons. The van der Waals surface area contributed by atoms with Crippen LogP contribution in [0.2, 0.25) is 15.1 Å². The number of benzene rings is 3. The number of ether oxygens (including phenoxy) is 1. The Bertz CT molecular complexity index is 1180. The highest BCUT2D eigenvalue weighted by molar-refractivity contribution is 6.42. The van der Waals surface area contributed by atoms with Crippen molar-refractivity contribution in [2.75, 3.05) is 5.32 Å². The van der Waals surface area contributed by atoms with Gasteiger partial charge in [-0.25, -0.2) is 5.43 Å². The van der Waals surface area contributed by atoms with E-state index < -0.39 is 5.91 Å². The predicted octanol–water partition coefficient (Wildman–Crippen LogP) is 5.95. The van der Waals surface area contributed by atoms with Crippen LogP contribution in [0.1, 0.15) is 28.4 Å². The fourth-order valence-corrected chi connectivity index (χ4v) is 3.21. The molecule has 0 saturated heterocycles. The van der Waals surface area contributed by atoms with Crippen molar-refractivity contribution < 1.29 is 14.3 Å². The number of amides is 2. The Morgan fingerprint density at radius 3 is 2.56 bits per heavy atom. The molecule has 0 aliphatic carbocycles. The van der Waals surface area contributed by atoms with Crippen LogP contribution in [0.15, 0.2) is 65.8 Å². The summed E-state index contributed by atoms with van der Waals surface area (Å²) in [5.74, 6) is -0.144. The Hall–Kier alpha value is -3.06. The van der Waals surface area contributed by atoms with Crippen molar-refractivity contribution in [1.82, 2.24) is 5.43 Å². The maximum atomic E-state index is 12.4. The first-order valence-electron chi connectivity index (χ1n) is 9.39. The summed E-state index contributed by atoms with van der Waals surface area (Å²) in [6.07, 6.45) is 1.44. The van der Waals surface area contributed by atoms with E-state index >= 15 is 0 Å². The van der Waals surface area contributed by atoms with Gasteiger partial charge >= 0.3 is 0 Å². The molecule has 0 aliphatic heterocycles. The lowest BCUT2D eigenvalue weighted by atomic mass is 10.2. The van der Waals surface area contributed by atoms with Crippen molar-refractivity contribution in [3.05, 3.63) is 92.4 Å². The Morgan fingerprint density at radius 1 is 1.00 bits per heavy atom. The smallest absolute Gasteiger partial charge is 0.271 e. The van der Waals surface area contributed by atoms with E-state index in [1.165, 1.54) is 13.1 Å². The molecule has 0 atom stereocenters. The number of carbonyl (C=O) groups excluding carboxylic acids is 2. The summed E-state index contributed by atoms with van der Waals surface area (Å²) in [7, 11) is 0. The second-order valence-corrected chi connectivity index (χ2v) is 7.93. The highest BCUT2D eigenvalue weighted by atomic mass is 35.5. The minimum atomic E-state index is -0.436. The molecule has 3 aromatic rings. The zero-order chi connectivity index (χ0) is 23.1. The standard InChI is InChI=1S/C23H18Cl3N3O3/c1-14(30)28-19-4-2-3-16(11-19)23(31)29-27-12-17-10-18(24)6-8-22(17)32-13-15-5-7-20(25)21(26)9-15/h2-12H,13H2,1H3,(H,28,30)(H,29,31)/b27-12-. The molecule has 164 valence electrons. The molecule has 0 spiro atoms. The number of nitrogens with zero attached hydrogens (tertiary/aromatic N) is 1. The van der Waals surface area contributed by atoms with Crippen LogP contribution in [0.25, 0.3) is 0 Å². The minimum Gasteiger partial charge on any atom is -0.488 e. The van der Waals surface area contributed by atoms with Crippen LogP contribution in [0, 0.1) is 0 Å². The van der Waals surface area contributed by atoms with Crippen molar-refractivity contribution in [3.63, 3.8) is 0 Å². The van der Waals surface area contributed by atoms with Gasteiger partial charge in [0.1, 0.15) is 12.4 Å². The predicted molar refractivity (Wildman–Crippen MR) is 128 cm³/mol. The Morgan fingerprint density at radius 2 is 1.81 bits per heavy atom. The van der Waals surface area contributed by atoms with E-state index in [2.05, 4.69) is 15.8 Å². The summed E-state index contributed by atoms with van der Waals surface area (Å²) >= 11 is 18.1. The van der Waals surface area contributed by atoms with Crippen LogP contribution < -0.4 is 15.5 Å². The maximum absolute atomic E-state index is 12.4. The topological polar surface area (TPSA) is 79.8 Å². The lowest BCUT2D eigenvalue weighted by molar-refractivity contribution is -0.114. The van der Waals surface area contributed by atoms with E-state index in [0.717, 1.165) is 5.56 Å². The van der Waals surface area contributed by atoms with Crippen molar-refractivity contribution in [1.29, 1.82) is 0 Å². The average Bonchev–Trinajstić information content (AvgIpc) is 2.75. The van der Waals surface area contributed by atoms with Gasteiger partial charge in [0, 0.05) is 28.8 Å². The summed E-state index contributed by atoms with van der Waals surface area (Å²) in [6, 6.07) is 16.8. The molecule has 2 amide bonds. The van der Waals surface area contributed by atoms with E-state index in [4.69, 9.17) is 39.5 Å². The first-order chi connectivity index (χ1) is 15.3. The molecule has 0 aliphatic rings. The molecule has 0 heterocycles. The van der Waals surface area contributed by atoms with Crippen LogP contribution in [-0.2, 0) is 11.4 Å². The van der Waals surface area contributed by atoms with Gasteiger partial charge in [0.15, 0.2) is 0 Å². The van der Waals surface area contributed by atoms with Crippen LogP contribution in [0.3, 0.4) is 0 Å². The van der Waals surface area contributed by atoms with E-state index in [-0.39, 0.29) is 12.5 Å². The fraction of sp³-hybridized carbons (Fsp3) is 0.0870. The summed E-state index contributed by atoms with van der Waals surface area (Å²) in [5, 5.41) is 8.02.